The summed E-state index contributed by atoms with van der Waals surface area (Å²) in [6.07, 6.45) is -0.682. The molecule has 0 aliphatic rings. The third kappa shape index (κ3) is 1.97. The van der Waals surface area contributed by atoms with Gasteiger partial charge in [0.1, 0.15) is 5.75 Å². The molecule has 1 amide bonds. The van der Waals surface area contributed by atoms with Gasteiger partial charge in [-0.1, -0.05) is 6.07 Å². The van der Waals surface area contributed by atoms with Crippen molar-refractivity contribution in [3.63, 3.8) is 0 Å². The number of aliphatic hydroxyl groups excluding tert-OH is 1. The van der Waals surface area contributed by atoms with Crippen LogP contribution in [0.5, 0.6) is 5.75 Å². The van der Waals surface area contributed by atoms with Crippen molar-refractivity contribution in [1.82, 2.24) is 0 Å². The maximum absolute atomic E-state index is 10.8. The van der Waals surface area contributed by atoms with Crippen LogP contribution in [-0.4, -0.2) is 16.1 Å². The third-order valence-corrected chi connectivity index (χ3v) is 1.77. The van der Waals surface area contributed by atoms with Crippen molar-refractivity contribution in [3.8, 4) is 5.75 Å². The van der Waals surface area contributed by atoms with Crippen LogP contribution in [0.3, 0.4) is 0 Å². The fourth-order valence-electron chi connectivity index (χ4n) is 1.01. The minimum Gasteiger partial charge on any atom is -0.507 e. The molecule has 1 atom stereocenters. The van der Waals surface area contributed by atoms with Gasteiger partial charge >= 0.3 is 0 Å². The van der Waals surface area contributed by atoms with Crippen LogP contribution in [0.2, 0.25) is 0 Å². The van der Waals surface area contributed by atoms with Gasteiger partial charge in [-0.15, -0.1) is 0 Å². The summed E-state index contributed by atoms with van der Waals surface area (Å²) in [6.45, 7) is 1.57. The van der Waals surface area contributed by atoms with Gasteiger partial charge in [0.15, 0.2) is 0 Å². The van der Waals surface area contributed by atoms with Crippen LogP contribution in [-0.2, 0) is 0 Å². The second kappa shape index (κ2) is 3.45. The molecule has 1 unspecified atom stereocenters. The third-order valence-electron chi connectivity index (χ3n) is 1.77. The van der Waals surface area contributed by atoms with Gasteiger partial charge in [0, 0.05) is 0 Å². The van der Waals surface area contributed by atoms with E-state index < -0.39 is 12.0 Å². The van der Waals surface area contributed by atoms with E-state index >= 15 is 0 Å². The number of carbonyl (C=O) groups is 1. The van der Waals surface area contributed by atoms with E-state index in [-0.39, 0.29) is 11.3 Å². The molecule has 1 rings (SSSR count). The van der Waals surface area contributed by atoms with Crippen molar-refractivity contribution in [2.45, 2.75) is 13.0 Å². The number of primary amides is 1. The molecule has 0 aromatic heterocycles. The molecule has 13 heavy (non-hydrogen) atoms. The molecule has 1 aromatic rings. The summed E-state index contributed by atoms with van der Waals surface area (Å²) in [5.41, 5.74) is 5.58. The lowest BCUT2D eigenvalue weighted by Crippen LogP contribution is -2.11. The summed E-state index contributed by atoms with van der Waals surface area (Å²) in [4.78, 5) is 10.8. The number of hydrogen-bond donors (Lipinski definition) is 3. The second-order valence-electron chi connectivity index (χ2n) is 2.82. The lowest BCUT2D eigenvalue weighted by Gasteiger charge is -2.06. The Labute approximate surface area is 75.6 Å². The van der Waals surface area contributed by atoms with Crippen LogP contribution < -0.4 is 5.73 Å². The molecule has 0 spiro atoms. The topological polar surface area (TPSA) is 83.6 Å². The summed E-state index contributed by atoms with van der Waals surface area (Å²) in [6, 6.07) is 4.25. The van der Waals surface area contributed by atoms with Crippen LogP contribution in [0, 0.1) is 0 Å². The first-order chi connectivity index (χ1) is 6.02. The molecule has 4 heteroatoms. The van der Waals surface area contributed by atoms with Gasteiger partial charge in [-0.05, 0) is 24.6 Å². The number of rotatable bonds is 2. The monoisotopic (exact) mass is 181 g/mol. The Kier molecular flexibility index (Phi) is 2.53. The minimum absolute atomic E-state index is 0.0263. The molecule has 0 heterocycles. The predicted octanol–water partition coefficient (Wildman–Crippen LogP) is 0.544. The van der Waals surface area contributed by atoms with Crippen LogP contribution >= 0.6 is 0 Å². The van der Waals surface area contributed by atoms with E-state index in [4.69, 9.17) is 5.73 Å². The van der Waals surface area contributed by atoms with Crippen molar-refractivity contribution >= 4 is 5.91 Å². The molecule has 0 fully saturated rings. The van der Waals surface area contributed by atoms with E-state index in [2.05, 4.69) is 0 Å². The van der Waals surface area contributed by atoms with Crippen molar-refractivity contribution in [2.75, 3.05) is 0 Å². The zero-order chi connectivity index (χ0) is 10.0. The summed E-state index contributed by atoms with van der Waals surface area (Å²) >= 11 is 0. The standard InChI is InChI=1S/C9H11NO3/c1-5(11)6-2-3-8(12)7(4-6)9(10)13/h2-5,11-12H,1H3,(H2,10,13). The van der Waals surface area contributed by atoms with Crippen molar-refractivity contribution in [2.24, 2.45) is 5.73 Å². The molecule has 0 saturated carbocycles. The Morgan fingerprint density at radius 2 is 2.15 bits per heavy atom. The van der Waals surface area contributed by atoms with Crippen LogP contribution in [0.4, 0.5) is 0 Å². The highest BCUT2D eigenvalue weighted by atomic mass is 16.3. The molecule has 0 radical (unpaired) electrons. The molecular formula is C9H11NO3. The largest absolute Gasteiger partial charge is 0.507 e. The normalized spacial score (nSPS) is 12.5. The van der Waals surface area contributed by atoms with E-state index in [9.17, 15) is 15.0 Å². The quantitative estimate of drug-likeness (QED) is 0.622. The number of aliphatic hydroxyl groups is 1. The molecule has 0 bridgehead atoms. The van der Waals surface area contributed by atoms with Crippen LogP contribution in [0.15, 0.2) is 18.2 Å². The molecule has 1 aromatic carbocycles. The van der Waals surface area contributed by atoms with E-state index in [1.165, 1.54) is 18.2 Å². The SMILES string of the molecule is CC(O)c1ccc(O)c(C(N)=O)c1. The van der Waals surface area contributed by atoms with E-state index in [0.29, 0.717) is 5.56 Å². The number of phenols is 1. The van der Waals surface area contributed by atoms with Gasteiger partial charge in [0.05, 0.1) is 11.7 Å². The van der Waals surface area contributed by atoms with Crippen LogP contribution in [0.1, 0.15) is 28.9 Å². The molecule has 0 saturated heterocycles. The summed E-state index contributed by atoms with van der Waals surface area (Å²) in [5, 5.41) is 18.4. The Morgan fingerprint density at radius 1 is 1.54 bits per heavy atom. The van der Waals surface area contributed by atoms with Gasteiger partial charge in [-0.3, -0.25) is 4.79 Å². The van der Waals surface area contributed by atoms with Crippen LogP contribution in [0.25, 0.3) is 0 Å². The Balaban J connectivity index is 3.19. The molecule has 0 aliphatic carbocycles. The average Bonchev–Trinajstić information content (AvgIpc) is 2.04. The first-order valence-corrected chi connectivity index (χ1v) is 3.83. The number of carbonyl (C=O) groups excluding carboxylic acids is 1. The molecule has 70 valence electrons. The first-order valence-electron chi connectivity index (χ1n) is 3.83. The number of nitrogens with two attached hydrogens (primary N) is 1. The molecule has 4 N–H and O–H groups in total. The lowest BCUT2D eigenvalue weighted by atomic mass is 10.1. The zero-order valence-electron chi connectivity index (χ0n) is 7.19. The second-order valence-corrected chi connectivity index (χ2v) is 2.82. The van der Waals surface area contributed by atoms with E-state index in [1.54, 1.807) is 6.92 Å². The Bertz CT molecular complexity index is 334. The summed E-state index contributed by atoms with van der Waals surface area (Å²) in [7, 11) is 0. The Hall–Kier alpha value is -1.55. The van der Waals surface area contributed by atoms with E-state index in [1.807, 2.05) is 0 Å². The average molecular weight is 181 g/mol. The van der Waals surface area contributed by atoms with Crippen molar-refractivity contribution in [1.29, 1.82) is 0 Å². The van der Waals surface area contributed by atoms with Crippen molar-refractivity contribution < 1.29 is 15.0 Å². The summed E-state index contributed by atoms with van der Waals surface area (Å²) < 4.78 is 0. The smallest absolute Gasteiger partial charge is 0.252 e. The fraction of sp³-hybridized carbons (Fsp3) is 0.222. The van der Waals surface area contributed by atoms with Gasteiger partial charge in [0.25, 0.3) is 5.91 Å². The van der Waals surface area contributed by atoms with Crippen molar-refractivity contribution in [3.05, 3.63) is 29.3 Å². The molecule has 0 aliphatic heterocycles. The minimum atomic E-state index is -0.708. The van der Waals surface area contributed by atoms with Gasteiger partial charge in [-0.25, -0.2) is 0 Å². The predicted molar refractivity (Wildman–Crippen MR) is 47.3 cm³/mol. The zero-order valence-corrected chi connectivity index (χ0v) is 7.19. The number of benzene rings is 1. The summed E-state index contributed by atoms with van der Waals surface area (Å²) in [5.74, 6) is -0.878. The maximum Gasteiger partial charge on any atom is 0.252 e. The lowest BCUT2D eigenvalue weighted by molar-refractivity contribution is 0.0997. The van der Waals surface area contributed by atoms with E-state index in [0.717, 1.165) is 0 Å². The van der Waals surface area contributed by atoms with Gasteiger partial charge < -0.3 is 15.9 Å². The highest BCUT2D eigenvalue weighted by Crippen LogP contribution is 2.21. The fourth-order valence-corrected chi connectivity index (χ4v) is 1.01. The number of aromatic hydroxyl groups is 1. The number of amides is 1. The first kappa shape index (κ1) is 9.54. The molecular weight excluding hydrogens is 170 g/mol. The van der Waals surface area contributed by atoms with Gasteiger partial charge in [0.2, 0.25) is 0 Å². The number of hydrogen-bond acceptors (Lipinski definition) is 3. The van der Waals surface area contributed by atoms with Gasteiger partial charge in [-0.2, -0.15) is 0 Å². The highest BCUT2D eigenvalue weighted by Gasteiger charge is 2.10. The Morgan fingerprint density at radius 3 is 2.62 bits per heavy atom. The maximum atomic E-state index is 10.8. The molecule has 4 nitrogen and oxygen atoms in total. The highest BCUT2D eigenvalue weighted by molar-refractivity contribution is 5.95.